The van der Waals surface area contributed by atoms with E-state index in [1.54, 1.807) is 0 Å². The van der Waals surface area contributed by atoms with Crippen LogP contribution in [0.3, 0.4) is 0 Å². The van der Waals surface area contributed by atoms with E-state index in [0.717, 1.165) is 22.6 Å². The summed E-state index contributed by atoms with van der Waals surface area (Å²) in [7, 11) is 0. The number of hydrogen-bond donors (Lipinski definition) is 2. The molecule has 27 heavy (non-hydrogen) atoms. The number of carbonyl (C=O) groups excluding carboxylic acids is 1. The Morgan fingerprint density at radius 1 is 1.11 bits per heavy atom. The Morgan fingerprint density at radius 3 is 2.63 bits per heavy atom. The van der Waals surface area contributed by atoms with Crippen LogP contribution in [0.1, 0.15) is 28.6 Å². The molecule has 4 rings (SSSR count). The summed E-state index contributed by atoms with van der Waals surface area (Å²) >= 11 is 1.43. The summed E-state index contributed by atoms with van der Waals surface area (Å²) < 4.78 is 1.85. The molecule has 0 bridgehead atoms. The van der Waals surface area contributed by atoms with Crippen molar-refractivity contribution in [2.45, 2.75) is 37.2 Å². The predicted octanol–water partition coefficient (Wildman–Crippen LogP) is 3.60. The van der Waals surface area contributed by atoms with Gasteiger partial charge in [0.25, 0.3) is 0 Å². The van der Waals surface area contributed by atoms with Crippen LogP contribution in [0.25, 0.3) is 0 Å². The summed E-state index contributed by atoms with van der Waals surface area (Å²) in [6.45, 7) is 5.94. The molecule has 2 N–H and O–H groups in total. The number of fused-ring (bicyclic) bond motifs is 1. The van der Waals surface area contributed by atoms with Crippen LogP contribution in [-0.4, -0.2) is 26.0 Å². The first kappa shape index (κ1) is 17.6. The maximum Gasteiger partial charge on any atom is 0.240 e. The average Bonchev–Trinajstić information content (AvgIpc) is 3.04. The summed E-state index contributed by atoms with van der Waals surface area (Å²) in [6.07, 6.45) is 0. The van der Waals surface area contributed by atoms with Crippen LogP contribution in [0.5, 0.6) is 0 Å². The van der Waals surface area contributed by atoms with E-state index in [2.05, 4.69) is 27.0 Å². The van der Waals surface area contributed by atoms with Gasteiger partial charge in [0.2, 0.25) is 11.1 Å². The normalized spacial score (nSPS) is 18.5. The first-order valence-electron chi connectivity index (χ1n) is 8.81. The Balaban J connectivity index is 1.66. The second-order valence-electron chi connectivity index (χ2n) is 6.73. The minimum absolute atomic E-state index is 0.0554. The molecule has 0 saturated heterocycles. The number of rotatable bonds is 3. The van der Waals surface area contributed by atoms with Gasteiger partial charge in [-0.05, 0) is 38.0 Å². The molecule has 138 valence electrons. The molecule has 0 aliphatic carbocycles. The number of amides is 1. The Bertz CT molecular complexity index is 985. The highest BCUT2D eigenvalue weighted by Gasteiger charge is 2.37. The first-order chi connectivity index (χ1) is 13.0. The van der Waals surface area contributed by atoms with E-state index in [0.29, 0.717) is 5.16 Å². The standard InChI is InChI=1S/C20H21N5OS/c1-12-9-10-16(13(2)11-12)21-19(26)18-17(15-7-5-4-6-8-15)24-25-14(3)22-23-20(25)27-18/h4-11,17-18,24H,1-3H3,(H,21,26). The maximum atomic E-state index is 13.2. The van der Waals surface area contributed by atoms with Crippen molar-refractivity contribution in [2.24, 2.45) is 0 Å². The fraction of sp³-hybridized carbons (Fsp3) is 0.250. The van der Waals surface area contributed by atoms with E-state index in [4.69, 9.17) is 0 Å². The zero-order valence-corrected chi connectivity index (χ0v) is 16.2. The van der Waals surface area contributed by atoms with Crippen molar-refractivity contribution >= 4 is 23.4 Å². The minimum Gasteiger partial charge on any atom is -0.325 e. The second kappa shape index (κ2) is 7.08. The second-order valence-corrected chi connectivity index (χ2v) is 7.84. The van der Waals surface area contributed by atoms with Crippen molar-refractivity contribution in [1.82, 2.24) is 14.9 Å². The Morgan fingerprint density at radius 2 is 1.89 bits per heavy atom. The average molecular weight is 379 g/mol. The van der Waals surface area contributed by atoms with E-state index in [1.807, 2.05) is 67.9 Å². The Labute approximate surface area is 162 Å². The summed E-state index contributed by atoms with van der Waals surface area (Å²) in [5, 5.41) is 11.7. The van der Waals surface area contributed by atoms with Crippen LogP contribution in [-0.2, 0) is 4.79 Å². The topological polar surface area (TPSA) is 71.8 Å². The van der Waals surface area contributed by atoms with Gasteiger partial charge in [-0.1, -0.05) is 59.8 Å². The molecule has 1 amide bonds. The van der Waals surface area contributed by atoms with E-state index in [9.17, 15) is 4.79 Å². The molecule has 2 atom stereocenters. The molecular weight excluding hydrogens is 358 g/mol. The van der Waals surface area contributed by atoms with E-state index < -0.39 is 0 Å². The van der Waals surface area contributed by atoms with Crippen molar-refractivity contribution in [3.63, 3.8) is 0 Å². The number of aryl methyl sites for hydroxylation is 3. The van der Waals surface area contributed by atoms with Crippen LogP contribution < -0.4 is 10.7 Å². The third-order valence-corrected chi connectivity index (χ3v) is 5.87. The van der Waals surface area contributed by atoms with Gasteiger partial charge < -0.3 is 10.7 Å². The van der Waals surface area contributed by atoms with Crippen molar-refractivity contribution in [1.29, 1.82) is 0 Å². The number of nitrogens with zero attached hydrogens (tertiary/aromatic N) is 3. The highest BCUT2D eigenvalue weighted by Crippen LogP contribution is 2.37. The number of benzene rings is 2. The lowest BCUT2D eigenvalue weighted by Gasteiger charge is -2.32. The molecule has 6 nitrogen and oxygen atoms in total. The van der Waals surface area contributed by atoms with Gasteiger partial charge in [0.05, 0.1) is 6.04 Å². The van der Waals surface area contributed by atoms with Crippen molar-refractivity contribution in [3.8, 4) is 0 Å². The fourth-order valence-electron chi connectivity index (χ4n) is 3.23. The predicted molar refractivity (Wildman–Crippen MR) is 107 cm³/mol. The van der Waals surface area contributed by atoms with Gasteiger partial charge in [-0.2, -0.15) is 0 Å². The van der Waals surface area contributed by atoms with Crippen LogP contribution in [0.4, 0.5) is 5.69 Å². The van der Waals surface area contributed by atoms with Crippen molar-refractivity contribution in [3.05, 3.63) is 71.0 Å². The van der Waals surface area contributed by atoms with Gasteiger partial charge in [0.15, 0.2) is 0 Å². The monoisotopic (exact) mass is 379 g/mol. The SMILES string of the molecule is Cc1ccc(NC(=O)C2Sc3nnc(C)n3NC2c2ccccc2)c(C)c1. The van der Waals surface area contributed by atoms with E-state index in [1.165, 1.54) is 17.3 Å². The summed E-state index contributed by atoms with van der Waals surface area (Å²) in [5.41, 5.74) is 7.51. The molecule has 2 aromatic carbocycles. The van der Waals surface area contributed by atoms with Gasteiger partial charge in [0, 0.05) is 5.69 Å². The molecule has 1 aliphatic rings. The largest absolute Gasteiger partial charge is 0.325 e. The zero-order chi connectivity index (χ0) is 19.0. The molecule has 0 saturated carbocycles. The molecule has 1 aromatic heterocycles. The molecular formula is C20H21N5OS. The summed E-state index contributed by atoms with van der Waals surface area (Å²) in [4.78, 5) is 13.2. The molecule has 2 unspecified atom stereocenters. The van der Waals surface area contributed by atoms with Gasteiger partial charge in [-0.15, -0.1) is 10.2 Å². The van der Waals surface area contributed by atoms with Crippen molar-refractivity contribution < 1.29 is 4.79 Å². The minimum atomic E-state index is -0.371. The lowest BCUT2D eigenvalue weighted by atomic mass is 10.0. The molecule has 0 fully saturated rings. The van der Waals surface area contributed by atoms with Crippen LogP contribution in [0, 0.1) is 20.8 Å². The van der Waals surface area contributed by atoms with E-state index in [-0.39, 0.29) is 17.2 Å². The molecule has 0 radical (unpaired) electrons. The van der Waals surface area contributed by atoms with Crippen LogP contribution in [0.2, 0.25) is 0 Å². The third kappa shape index (κ3) is 3.42. The lowest BCUT2D eigenvalue weighted by molar-refractivity contribution is -0.116. The molecule has 0 spiro atoms. The lowest BCUT2D eigenvalue weighted by Crippen LogP contribution is -2.41. The van der Waals surface area contributed by atoms with Gasteiger partial charge in [0.1, 0.15) is 11.1 Å². The molecule has 1 aliphatic heterocycles. The highest BCUT2D eigenvalue weighted by molar-refractivity contribution is 8.00. The molecule has 7 heteroatoms. The van der Waals surface area contributed by atoms with Gasteiger partial charge in [-0.25, -0.2) is 4.68 Å². The smallest absolute Gasteiger partial charge is 0.240 e. The zero-order valence-electron chi connectivity index (χ0n) is 15.4. The summed E-state index contributed by atoms with van der Waals surface area (Å²) in [6, 6.07) is 15.8. The highest BCUT2D eigenvalue weighted by atomic mass is 32.2. The van der Waals surface area contributed by atoms with E-state index >= 15 is 0 Å². The third-order valence-electron chi connectivity index (χ3n) is 4.66. The van der Waals surface area contributed by atoms with Crippen LogP contribution in [0.15, 0.2) is 53.7 Å². The summed E-state index contributed by atoms with van der Waals surface area (Å²) in [5.74, 6) is 0.715. The number of thioether (sulfide) groups is 1. The Hall–Kier alpha value is -2.80. The number of carbonyl (C=O) groups is 1. The van der Waals surface area contributed by atoms with Gasteiger partial charge >= 0.3 is 0 Å². The molecule has 3 aromatic rings. The number of aromatic nitrogens is 3. The Kier molecular flexibility index (Phi) is 4.61. The van der Waals surface area contributed by atoms with Crippen LogP contribution >= 0.6 is 11.8 Å². The molecule has 2 heterocycles. The number of nitrogens with one attached hydrogen (secondary N) is 2. The first-order valence-corrected chi connectivity index (χ1v) is 9.69. The maximum absolute atomic E-state index is 13.2. The number of hydrogen-bond acceptors (Lipinski definition) is 5. The van der Waals surface area contributed by atoms with Crippen molar-refractivity contribution in [2.75, 3.05) is 10.7 Å². The number of anilines is 1. The van der Waals surface area contributed by atoms with Gasteiger partial charge in [-0.3, -0.25) is 4.79 Å². The quantitative estimate of drug-likeness (QED) is 0.727. The fourth-order valence-corrected chi connectivity index (χ4v) is 4.35.